The van der Waals surface area contributed by atoms with Crippen molar-refractivity contribution in [2.24, 2.45) is 0 Å². The van der Waals surface area contributed by atoms with Crippen LogP contribution < -0.4 is 9.47 Å². The average Bonchev–Trinajstić information content (AvgIpc) is 2.69. The van der Waals surface area contributed by atoms with E-state index in [1.165, 1.54) is 18.9 Å². The summed E-state index contributed by atoms with van der Waals surface area (Å²) in [6, 6.07) is 1.72. The number of hydrogen-bond acceptors (Lipinski definition) is 8. The number of halogens is 6. The van der Waals surface area contributed by atoms with Gasteiger partial charge in [-0.2, -0.15) is 13.2 Å². The van der Waals surface area contributed by atoms with E-state index in [1.807, 2.05) is 0 Å². The van der Waals surface area contributed by atoms with E-state index < -0.39 is 41.0 Å². The van der Waals surface area contributed by atoms with Crippen LogP contribution in [0.25, 0.3) is 6.08 Å². The summed E-state index contributed by atoms with van der Waals surface area (Å²) in [6.45, 7) is 0.938. The maximum Gasteiger partial charge on any atom is 0.573 e. The maximum absolute atomic E-state index is 13.6. The quantitative estimate of drug-likeness (QED) is 0.207. The molecule has 0 saturated heterocycles. The summed E-state index contributed by atoms with van der Waals surface area (Å²) >= 11 is 0. The summed E-state index contributed by atoms with van der Waals surface area (Å²) in [7, 11) is 1.50. The highest BCUT2D eigenvalue weighted by molar-refractivity contribution is 5.96. The van der Waals surface area contributed by atoms with Crippen molar-refractivity contribution in [3.8, 4) is 11.5 Å². The van der Waals surface area contributed by atoms with Crippen molar-refractivity contribution in [1.29, 1.82) is 0 Å². The molecule has 2 rings (SSSR count). The number of hydrogen-bond donors (Lipinski definition) is 0. The number of ether oxygens (including phenoxy) is 3. The summed E-state index contributed by atoms with van der Waals surface area (Å²) in [4.78, 5) is 28.1. The third-order valence-electron chi connectivity index (χ3n) is 4.52. The van der Waals surface area contributed by atoms with Crippen LogP contribution in [0, 0.1) is 10.1 Å². The molecule has 0 aliphatic carbocycles. The van der Waals surface area contributed by atoms with Crippen molar-refractivity contribution in [3.05, 3.63) is 38.9 Å². The number of aryl methyl sites for hydroxylation is 1. The zero-order valence-corrected chi connectivity index (χ0v) is 17.9. The molecule has 0 bridgehead atoms. The summed E-state index contributed by atoms with van der Waals surface area (Å²) in [5.41, 5.74) is -1.14. The van der Waals surface area contributed by atoms with Gasteiger partial charge in [-0.05, 0) is 37.2 Å². The first-order valence-corrected chi connectivity index (χ1v) is 9.72. The second kappa shape index (κ2) is 10.8. The fourth-order valence-corrected chi connectivity index (χ4v) is 2.98. The highest BCUT2D eigenvalue weighted by atomic mass is 19.4. The van der Waals surface area contributed by atoms with Crippen LogP contribution in [-0.4, -0.2) is 67.9 Å². The third kappa shape index (κ3) is 7.67. The van der Waals surface area contributed by atoms with Crippen LogP contribution in [0.1, 0.15) is 18.1 Å². The van der Waals surface area contributed by atoms with Crippen molar-refractivity contribution >= 4 is 12.0 Å². The number of rotatable bonds is 10. The lowest BCUT2D eigenvalue weighted by Crippen LogP contribution is -2.41. The van der Waals surface area contributed by atoms with Gasteiger partial charge in [0.25, 0.3) is 5.09 Å². The molecule has 15 heteroatoms. The standard InChI is InChI=1S/C19H20F6N2O7/c1-3-11-8-13(34-19(23,24)25)9-12-10-14(16(18(20,21)22)33-15(11)12)17(28)31-6-4-26(2)5-7-32-27(29)30/h8-10,16H,3-7H2,1-2H3. The summed E-state index contributed by atoms with van der Waals surface area (Å²) in [6.07, 6.45) is -12.0. The van der Waals surface area contributed by atoms with E-state index in [-0.39, 0.29) is 49.6 Å². The Morgan fingerprint density at radius 2 is 1.82 bits per heavy atom. The van der Waals surface area contributed by atoms with E-state index in [4.69, 9.17) is 9.47 Å². The van der Waals surface area contributed by atoms with E-state index in [2.05, 4.69) is 9.57 Å². The van der Waals surface area contributed by atoms with Crippen LogP contribution >= 0.6 is 0 Å². The van der Waals surface area contributed by atoms with Gasteiger partial charge in [0.15, 0.2) is 0 Å². The smallest absolute Gasteiger partial charge is 0.475 e. The van der Waals surface area contributed by atoms with Crippen molar-refractivity contribution in [2.45, 2.75) is 32.0 Å². The zero-order valence-electron chi connectivity index (χ0n) is 17.9. The van der Waals surface area contributed by atoms with Gasteiger partial charge in [0.05, 0.1) is 5.57 Å². The molecule has 0 spiro atoms. The molecule has 0 saturated carbocycles. The third-order valence-corrected chi connectivity index (χ3v) is 4.52. The number of likely N-dealkylation sites (N-methyl/N-ethyl adjacent to an activating group) is 1. The minimum atomic E-state index is -5.04. The highest BCUT2D eigenvalue weighted by Gasteiger charge is 2.49. The SMILES string of the molecule is CCc1cc(OC(F)(F)F)cc2c1OC(C(F)(F)F)C(C(=O)OCCN(C)CCO[N+](=O)[O-])=C2. The lowest BCUT2D eigenvalue weighted by atomic mass is 9.97. The first kappa shape index (κ1) is 27.0. The Morgan fingerprint density at radius 1 is 1.18 bits per heavy atom. The minimum absolute atomic E-state index is 0.0117. The molecule has 1 aromatic rings. The molecule has 1 aromatic carbocycles. The Balaban J connectivity index is 2.23. The largest absolute Gasteiger partial charge is 0.573 e. The zero-order chi connectivity index (χ0) is 25.7. The van der Waals surface area contributed by atoms with Crippen molar-refractivity contribution in [3.63, 3.8) is 0 Å². The molecule has 0 N–H and O–H groups in total. The predicted molar refractivity (Wildman–Crippen MR) is 102 cm³/mol. The van der Waals surface area contributed by atoms with Gasteiger partial charge in [-0.15, -0.1) is 23.3 Å². The summed E-state index contributed by atoms with van der Waals surface area (Å²) in [5.74, 6) is -2.38. The number of carbonyl (C=O) groups excluding carboxylic acids is 1. The molecule has 190 valence electrons. The lowest BCUT2D eigenvalue weighted by molar-refractivity contribution is -0.757. The van der Waals surface area contributed by atoms with Crippen LogP contribution in [0.2, 0.25) is 0 Å². The second-order valence-corrected chi connectivity index (χ2v) is 7.04. The molecule has 1 unspecified atom stereocenters. The van der Waals surface area contributed by atoms with Crippen LogP contribution in [0.3, 0.4) is 0 Å². The molecule has 0 amide bonds. The molecule has 0 radical (unpaired) electrons. The number of benzene rings is 1. The summed E-state index contributed by atoms with van der Waals surface area (Å²) in [5, 5.41) is 9.12. The van der Waals surface area contributed by atoms with Crippen molar-refractivity contribution in [2.75, 3.05) is 33.4 Å². The van der Waals surface area contributed by atoms with E-state index in [0.717, 1.165) is 18.2 Å². The highest BCUT2D eigenvalue weighted by Crippen LogP contribution is 2.42. The number of carbonyl (C=O) groups is 1. The van der Waals surface area contributed by atoms with Gasteiger partial charge in [-0.1, -0.05) is 6.92 Å². The molecule has 1 atom stereocenters. The molecule has 0 fully saturated rings. The molecule has 1 aliphatic heterocycles. The van der Waals surface area contributed by atoms with Crippen molar-refractivity contribution < 1.29 is 55.3 Å². The first-order valence-electron chi connectivity index (χ1n) is 9.72. The molecule has 34 heavy (non-hydrogen) atoms. The topological polar surface area (TPSA) is 100 Å². The van der Waals surface area contributed by atoms with E-state index in [0.29, 0.717) is 0 Å². The van der Waals surface area contributed by atoms with Crippen LogP contribution in [0.5, 0.6) is 11.5 Å². The average molecular weight is 502 g/mol. The van der Waals surface area contributed by atoms with Gasteiger partial charge in [0.2, 0.25) is 6.10 Å². The number of esters is 1. The normalized spacial score (nSPS) is 15.8. The van der Waals surface area contributed by atoms with Crippen LogP contribution in [0.15, 0.2) is 17.7 Å². The van der Waals surface area contributed by atoms with Gasteiger partial charge in [0, 0.05) is 18.7 Å². The first-order chi connectivity index (χ1) is 15.7. The maximum atomic E-state index is 13.6. The number of nitrogens with zero attached hydrogens (tertiary/aromatic N) is 2. The fraction of sp³-hybridized carbons (Fsp3) is 0.526. The Bertz CT molecular complexity index is 933. The minimum Gasteiger partial charge on any atom is -0.475 e. The van der Waals surface area contributed by atoms with Crippen LogP contribution in [0.4, 0.5) is 26.3 Å². The molecule has 1 aliphatic rings. The van der Waals surface area contributed by atoms with Gasteiger partial charge >= 0.3 is 18.5 Å². The van der Waals surface area contributed by atoms with E-state index >= 15 is 0 Å². The number of fused-ring (bicyclic) bond motifs is 1. The van der Waals surface area contributed by atoms with Gasteiger partial charge < -0.3 is 23.9 Å². The number of alkyl halides is 6. The Kier molecular flexibility index (Phi) is 8.58. The molecule has 9 nitrogen and oxygen atoms in total. The molecule has 0 aromatic heterocycles. The Morgan fingerprint density at radius 3 is 2.38 bits per heavy atom. The lowest BCUT2D eigenvalue weighted by Gasteiger charge is -2.29. The second-order valence-electron chi connectivity index (χ2n) is 7.04. The van der Waals surface area contributed by atoms with Gasteiger partial charge in [0.1, 0.15) is 24.7 Å². The Hall–Kier alpha value is -3.23. The molecule has 1 heterocycles. The van der Waals surface area contributed by atoms with Crippen LogP contribution in [-0.2, 0) is 20.8 Å². The van der Waals surface area contributed by atoms with E-state index in [9.17, 15) is 41.3 Å². The molecular formula is C19H20F6N2O7. The predicted octanol–water partition coefficient (Wildman–Crippen LogP) is 3.54. The fourth-order valence-electron chi connectivity index (χ4n) is 2.98. The van der Waals surface area contributed by atoms with Gasteiger partial charge in [-0.25, -0.2) is 4.79 Å². The van der Waals surface area contributed by atoms with E-state index in [1.54, 1.807) is 0 Å². The summed E-state index contributed by atoms with van der Waals surface area (Å²) < 4.78 is 92.4. The van der Waals surface area contributed by atoms with Gasteiger partial charge in [-0.3, -0.25) is 0 Å². The monoisotopic (exact) mass is 502 g/mol. The van der Waals surface area contributed by atoms with Crippen molar-refractivity contribution in [1.82, 2.24) is 4.90 Å². The Labute approximate surface area is 188 Å². The molecular weight excluding hydrogens is 482 g/mol.